The molecule has 1 aliphatic carbocycles. The number of rotatable bonds is 38. The number of aliphatic hydroxyl groups excluding tert-OH is 4. The summed E-state index contributed by atoms with van der Waals surface area (Å²) >= 11 is 0. The molecule has 1 unspecified atom stereocenters. The van der Waals surface area contributed by atoms with Gasteiger partial charge in [0.05, 0.1) is 38.1 Å². The smallest absolute Gasteiger partial charge is 0.462 e. The second-order valence-corrected chi connectivity index (χ2v) is 19.5. The molecule has 0 bridgehead atoms. The molecule has 61 heavy (non-hydrogen) atoms. The number of ether oxygens (including phenoxy) is 2. The van der Waals surface area contributed by atoms with Crippen molar-refractivity contribution in [3.63, 3.8) is 0 Å². The van der Waals surface area contributed by atoms with Crippen LogP contribution in [-0.2, 0) is 41.8 Å². The van der Waals surface area contributed by atoms with Crippen LogP contribution in [0.4, 0.5) is 0 Å². The molecule has 0 aliphatic heterocycles. The first-order valence-corrected chi connectivity index (χ1v) is 25.7. The van der Waals surface area contributed by atoms with Gasteiger partial charge in [-0.05, 0) is 43.9 Å². The number of phosphoric acid groups is 2. The largest absolute Gasteiger partial charge is 0.472 e. The Labute approximate surface area is 364 Å². The van der Waals surface area contributed by atoms with E-state index in [2.05, 4.69) is 29.8 Å². The Bertz CT molecular complexity index is 1310. The number of esters is 2. The Morgan fingerprint density at radius 2 is 1.26 bits per heavy atom. The van der Waals surface area contributed by atoms with Gasteiger partial charge < -0.3 is 44.6 Å². The van der Waals surface area contributed by atoms with Gasteiger partial charge in [-0.3, -0.25) is 23.2 Å². The molecular formula is C43H80O16P2. The Morgan fingerprint density at radius 3 is 1.89 bits per heavy atom. The van der Waals surface area contributed by atoms with Gasteiger partial charge >= 0.3 is 27.6 Å². The van der Waals surface area contributed by atoms with Crippen LogP contribution < -0.4 is 0 Å². The quantitative estimate of drug-likeness (QED) is 0.0135. The van der Waals surface area contributed by atoms with E-state index < -0.39 is 84.5 Å². The average Bonchev–Trinajstić information content (AvgIpc) is 3.46. The van der Waals surface area contributed by atoms with Crippen molar-refractivity contribution in [3.05, 3.63) is 24.3 Å². The maximum Gasteiger partial charge on any atom is 0.472 e. The van der Waals surface area contributed by atoms with Gasteiger partial charge in [-0.25, -0.2) is 9.13 Å². The standard InChI is InChI=1S/C43H80O16P2/c1-4-5-17-23-35(44)27-28-39-38(40(46)29-41(39)47)24-19-15-16-21-26-43(49)59-37(33-58-61(53,54)57-31-36(45)30-56-60(50,51)52)32-55-42(48)25-20-14-12-10-8-6-7-9-11-13-18-22-34(2)3/h15,19,27-28,34-41,44-47H,4-14,16-18,20-26,29-33H2,1-3H3,(H,53,54)(H2,50,51,52)/b19-15+,28-27+/t35-,36-,37+,38+,39+,40-,41+/m0/s1. The molecule has 0 heterocycles. The first kappa shape index (κ1) is 57.5. The summed E-state index contributed by atoms with van der Waals surface area (Å²) in [5.41, 5.74) is 0. The van der Waals surface area contributed by atoms with Gasteiger partial charge in [0.15, 0.2) is 6.10 Å². The van der Waals surface area contributed by atoms with Crippen molar-refractivity contribution in [2.75, 3.05) is 26.4 Å². The van der Waals surface area contributed by atoms with Crippen LogP contribution in [0.3, 0.4) is 0 Å². The highest BCUT2D eigenvalue weighted by atomic mass is 31.2. The molecule has 1 rings (SSSR count). The molecule has 1 saturated carbocycles. The van der Waals surface area contributed by atoms with Crippen LogP contribution in [0.5, 0.6) is 0 Å². The lowest BCUT2D eigenvalue weighted by atomic mass is 9.89. The van der Waals surface area contributed by atoms with Crippen LogP contribution >= 0.6 is 15.6 Å². The van der Waals surface area contributed by atoms with Crippen LogP contribution in [0, 0.1) is 17.8 Å². The third kappa shape index (κ3) is 31.9. The summed E-state index contributed by atoms with van der Waals surface area (Å²) in [6, 6.07) is 0. The van der Waals surface area contributed by atoms with Crippen LogP contribution in [0.1, 0.15) is 162 Å². The summed E-state index contributed by atoms with van der Waals surface area (Å²) in [6.07, 6.45) is 21.3. The fourth-order valence-electron chi connectivity index (χ4n) is 7.06. The summed E-state index contributed by atoms with van der Waals surface area (Å²) < 4.78 is 47.8. The van der Waals surface area contributed by atoms with E-state index in [1.807, 2.05) is 12.2 Å². The maximum atomic E-state index is 12.8. The van der Waals surface area contributed by atoms with Gasteiger partial charge in [-0.1, -0.05) is 135 Å². The lowest BCUT2D eigenvalue weighted by molar-refractivity contribution is -0.161. The van der Waals surface area contributed by atoms with Crippen LogP contribution in [0.2, 0.25) is 0 Å². The predicted octanol–water partition coefficient (Wildman–Crippen LogP) is 7.74. The molecule has 0 amide bonds. The Morgan fingerprint density at radius 1 is 0.689 bits per heavy atom. The van der Waals surface area contributed by atoms with Crippen molar-refractivity contribution in [3.8, 4) is 0 Å². The second-order valence-electron chi connectivity index (χ2n) is 16.8. The normalized spacial score (nSPS) is 21.0. The first-order chi connectivity index (χ1) is 28.9. The van der Waals surface area contributed by atoms with Crippen LogP contribution in [0.15, 0.2) is 24.3 Å². The lowest BCUT2D eigenvalue weighted by Crippen LogP contribution is -2.29. The molecule has 0 aromatic rings. The highest BCUT2D eigenvalue weighted by molar-refractivity contribution is 7.47. The van der Waals surface area contributed by atoms with E-state index in [-0.39, 0.29) is 31.1 Å². The second kappa shape index (κ2) is 33.9. The SMILES string of the molecule is CCCCC[C@H](O)/C=C/[C@@H]1[C@@H](C/C=C/CCCC(=O)O[C@H](COC(=O)CCCCCCCCCCCCCC(C)C)COP(=O)(O)OC[C@@H](O)COP(=O)(O)O)[C@@H](O)C[C@H]1O. The third-order valence-corrected chi connectivity index (χ3v) is 12.0. The molecule has 0 aromatic carbocycles. The number of phosphoric ester groups is 2. The summed E-state index contributed by atoms with van der Waals surface area (Å²) in [7, 11) is -9.77. The fourth-order valence-corrected chi connectivity index (χ4v) is 8.21. The highest BCUT2D eigenvalue weighted by Gasteiger charge is 2.39. The van der Waals surface area contributed by atoms with E-state index in [1.165, 1.54) is 44.9 Å². The van der Waals surface area contributed by atoms with E-state index in [9.17, 15) is 44.0 Å². The number of aliphatic hydroxyl groups is 4. The van der Waals surface area contributed by atoms with Gasteiger partial charge in [0.25, 0.3) is 0 Å². The zero-order chi connectivity index (χ0) is 45.5. The molecule has 358 valence electrons. The Hall–Kier alpha value is -1.52. The van der Waals surface area contributed by atoms with Gasteiger partial charge in [0, 0.05) is 25.2 Å². The van der Waals surface area contributed by atoms with Gasteiger partial charge in [0.1, 0.15) is 12.7 Å². The number of unbranched alkanes of at least 4 members (excludes halogenated alkanes) is 13. The summed E-state index contributed by atoms with van der Waals surface area (Å²) in [5.74, 6) is -0.961. The van der Waals surface area contributed by atoms with E-state index in [0.29, 0.717) is 32.1 Å². The molecule has 0 saturated heterocycles. The summed E-state index contributed by atoms with van der Waals surface area (Å²) in [6.45, 7) is 3.68. The molecule has 1 aliphatic rings. The van der Waals surface area contributed by atoms with Crippen LogP contribution in [0.25, 0.3) is 0 Å². The zero-order valence-electron chi connectivity index (χ0n) is 37.0. The van der Waals surface area contributed by atoms with Gasteiger partial charge in [-0.2, -0.15) is 0 Å². The molecule has 0 aromatic heterocycles. The van der Waals surface area contributed by atoms with E-state index in [4.69, 9.17) is 23.8 Å². The monoisotopic (exact) mass is 914 g/mol. The van der Waals surface area contributed by atoms with Crippen LogP contribution in [-0.4, -0.2) is 104 Å². The van der Waals surface area contributed by atoms with E-state index in [0.717, 1.165) is 50.9 Å². The molecule has 7 N–H and O–H groups in total. The number of carbonyl (C=O) groups excluding carboxylic acids is 2. The lowest BCUT2D eigenvalue weighted by Gasteiger charge is -2.20. The first-order valence-electron chi connectivity index (χ1n) is 22.6. The number of carbonyl (C=O) groups is 2. The number of hydrogen-bond donors (Lipinski definition) is 7. The van der Waals surface area contributed by atoms with Crippen molar-refractivity contribution in [2.45, 2.75) is 193 Å². The molecule has 8 atom stereocenters. The van der Waals surface area contributed by atoms with Gasteiger partial charge in [-0.15, -0.1) is 0 Å². The third-order valence-electron chi connectivity index (χ3n) is 10.6. The van der Waals surface area contributed by atoms with Crippen molar-refractivity contribution < 1.29 is 76.9 Å². The number of hydrogen-bond acceptors (Lipinski definition) is 13. The molecule has 16 nitrogen and oxygen atoms in total. The minimum Gasteiger partial charge on any atom is -0.462 e. The molecule has 0 spiro atoms. The molecule has 1 fully saturated rings. The Balaban J connectivity index is 2.57. The van der Waals surface area contributed by atoms with Crippen molar-refractivity contribution in [1.29, 1.82) is 0 Å². The summed E-state index contributed by atoms with van der Waals surface area (Å²) in [4.78, 5) is 52.9. The van der Waals surface area contributed by atoms with Gasteiger partial charge in [0.2, 0.25) is 0 Å². The minimum absolute atomic E-state index is 0.0435. The zero-order valence-corrected chi connectivity index (χ0v) is 38.8. The van der Waals surface area contributed by atoms with Crippen molar-refractivity contribution in [1.82, 2.24) is 0 Å². The maximum absolute atomic E-state index is 12.8. The molecular weight excluding hydrogens is 834 g/mol. The van der Waals surface area contributed by atoms with E-state index >= 15 is 0 Å². The Kier molecular flexibility index (Phi) is 32.0. The average molecular weight is 915 g/mol. The highest BCUT2D eigenvalue weighted by Crippen LogP contribution is 2.44. The molecule has 0 radical (unpaired) electrons. The number of allylic oxidation sites excluding steroid dienone is 2. The van der Waals surface area contributed by atoms with Crippen molar-refractivity contribution in [2.24, 2.45) is 17.8 Å². The minimum atomic E-state index is -4.90. The molecule has 18 heteroatoms. The summed E-state index contributed by atoms with van der Waals surface area (Å²) in [5, 5.41) is 41.1. The predicted molar refractivity (Wildman–Crippen MR) is 232 cm³/mol. The van der Waals surface area contributed by atoms with Crippen molar-refractivity contribution >= 4 is 27.6 Å². The van der Waals surface area contributed by atoms with E-state index in [1.54, 1.807) is 12.2 Å². The fraction of sp³-hybridized carbons (Fsp3) is 0.860. The topological polar surface area (TPSA) is 256 Å².